The third-order valence-electron chi connectivity index (χ3n) is 5.56. The number of nitrogens with zero attached hydrogens (tertiary/aromatic N) is 2. The molecule has 5 nitrogen and oxygen atoms in total. The van der Waals surface area contributed by atoms with Gasteiger partial charge in [-0.1, -0.05) is 19.3 Å². The van der Waals surface area contributed by atoms with Crippen LogP contribution in [0.1, 0.15) is 47.5 Å². The number of sulfone groups is 1. The maximum absolute atomic E-state index is 13.0. The van der Waals surface area contributed by atoms with E-state index >= 15 is 0 Å². The monoisotopic (exact) mass is 378 g/mol. The Balaban J connectivity index is 1.63. The zero-order chi connectivity index (χ0) is 17.7. The van der Waals surface area contributed by atoms with Crippen LogP contribution in [0.4, 0.5) is 0 Å². The van der Waals surface area contributed by atoms with Crippen LogP contribution < -0.4 is 0 Å². The summed E-state index contributed by atoms with van der Waals surface area (Å²) in [7, 11) is -3.13. The highest BCUT2D eigenvalue weighted by atomic mass is 32.2. The lowest BCUT2D eigenvalue weighted by Gasteiger charge is -2.44. The molecule has 2 fully saturated rings. The minimum Gasteiger partial charge on any atom is -0.336 e. The molecule has 1 aliphatic carbocycles. The van der Waals surface area contributed by atoms with E-state index in [2.05, 4.69) is 4.98 Å². The fraction of sp³-hybridized carbons (Fsp3) is 0.556. The molecule has 0 unspecified atom stereocenters. The van der Waals surface area contributed by atoms with Crippen LogP contribution in [-0.2, 0) is 9.84 Å². The largest absolute Gasteiger partial charge is 0.336 e. The normalized spacial score (nSPS) is 22.4. The summed E-state index contributed by atoms with van der Waals surface area (Å²) >= 11 is 1.57. The lowest BCUT2D eigenvalue weighted by molar-refractivity contribution is 0.0723. The fourth-order valence-corrected chi connectivity index (χ4v) is 7.19. The lowest BCUT2D eigenvalue weighted by Crippen LogP contribution is -2.58. The predicted molar refractivity (Wildman–Crippen MR) is 99.9 cm³/mol. The van der Waals surface area contributed by atoms with Crippen molar-refractivity contribution in [2.45, 2.75) is 43.8 Å². The molecule has 4 rings (SSSR count). The Hall–Kier alpha value is -1.47. The van der Waals surface area contributed by atoms with Crippen molar-refractivity contribution in [1.82, 2.24) is 9.88 Å². The molecular weight excluding hydrogens is 356 g/mol. The molecule has 1 saturated carbocycles. The highest BCUT2D eigenvalue weighted by Gasteiger charge is 2.49. The number of benzene rings is 1. The van der Waals surface area contributed by atoms with E-state index < -0.39 is 14.6 Å². The van der Waals surface area contributed by atoms with Gasteiger partial charge in [-0.05, 0) is 38.0 Å². The molecule has 1 aliphatic heterocycles. The van der Waals surface area contributed by atoms with Crippen LogP contribution in [0, 0.1) is 6.92 Å². The van der Waals surface area contributed by atoms with Crippen molar-refractivity contribution in [3.05, 3.63) is 28.8 Å². The quantitative estimate of drug-likeness (QED) is 0.764. The van der Waals surface area contributed by atoms with Crippen LogP contribution in [0.5, 0.6) is 0 Å². The molecule has 2 aliphatic rings. The molecule has 1 aromatic heterocycles. The van der Waals surface area contributed by atoms with E-state index in [4.69, 9.17) is 0 Å². The number of amides is 1. The van der Waals surface area contributed by atoms with Gasteiger partial charge in [-0.15, -0.1) is 11.3 Å². The van der Waals surface area contributed by atoms with Crippen molar-refractivity contribution in [3.63, 3.8) is 0 Å². The topological polar surface area (TPSA) is 67.3 Å². The first-order valence-electron chi connectivity index (χ1n) is 8.79. The van der Waals surface area contributed by atoms with E-state index in [1.165, 1.54) is 0 Å². The zero-order valence-electron chi connectivity index (χ0n) is 14.3. The summed E-state index contributed by atoms with van der Waals surface area (Å²) < 4.78 is 25.7. The molecule has 1 spiro atoms. The van der Waals surface area contributed by atoms with E-state index in [-0.39, 0.29) is 11.7 Å². The van der Waals surface area contributed by atoms with Gasteiger partial charge in [0.25, 0.3) is 5.91 Å². The predicted octanol–water partition coefficient (Wildman–Crippen LogP) is 3.18. The highest BCUT2D eigenvalue weighted by Crippen LogP contribution is 2.39. The Kier molecular flexibility index (Phi) is 4.11. The number of aromatic nitrogens is 1. The van der Waals surface area contributed by atoms with Gasteiger partial charge in [-0.2, -0.15) is 0 Å². The maximum atomic E-state index is 13.0. The second kappa shape index (κ2) is 6.06. The minimum absolute atomic E-state index is 0.0622. The molecule has 25 heavy (non-hydrogen) atoms. The molecule has 0 bridgehead atoms. The first kappa shape index (κ1) is 17.0. The Morgan fingerprint density at radius 1 is 1.24 bits per heavy atom. The summed E-state index contributed by atoms with van der Waals surface area (Å²) in [5, 5.41) is 0.977. The van der Waals surface area contributed by atoms with Crippen molar-refractivity contribution in [2.75, 3.05) is 18.8 Å². The van der Waals surface area contributed by atoms with E-state index in [0.29, 0.717) is 31.5 Å². The lowest BCUT2D eigenvalue weighted by atomic mass is 9.87. The molecular formula is C18H22N2O3S2. The summed E-state index contributed by atoms with van der Waals surface area (Å²) in [6.07, 6.45) is 4.34. The van der Waals surface area contributed by atoms with Gasteiger partial charge < -0.3 is 4.90 Å². The number of hydrogen-bond donors (Lipinski definition) is 0. The molecule has 1 saturated heterocycles. The molecule has 2 aromatic rings. The molecule has 0 N–H and O–H groups in total. The first-order valence-corrected chi connectivity index (χ1v) is 11.3. The fourth-order valence-electron chi connectivity index (χ4n) is 4.17. The molecule has 2 heterocycles. The smallest absolute Gasteiger partial charge is 0.253 e. The van der Waals surface area contributed by atoms with E-state index in [1.54, 1.807) is 22.3 Å². The van der Waals surface area contributed by atoms with Crippen LogP contribution in [0.15, 0.2) is 18.2 Å². The van der Waals surface area contributed by atoms with Crippen molar-refractivity contribution >= 4 is 37.3 Å². The Morgan fingerprint density at radius 2 is 2.00 bits per heavy atom. The minimum atomic E-state index is -3.13. The summed E-state index contributed by atoms with van der Waals surface area (Å²) in [5.41, 5.74) is 1.53. The first-order chi connectivity index (χ1) is 11.9. The van der Waals surface area contributed by atoms with Crippen molar-refractivity contribution in [2.24, 2.45) is 0 Å². The number of aryl methyl sites for hydroxylation is 1. The number of carbonyl (C=O) groups excluding carboxylic acids is 1. The van der Waals surface area contributed by atoms with E-state index in [1.807, 2.05) is 19.1 Å². The second-order valence-electron chi connectivity index (χ2n) is 7.20. The second-order valence-corrected chi connectivity index (χ2v) is 10.9. The van der Waals surface area contributed by atoms with Gasteiger partial charge in [0.15, 0.2) is 9.84 Å². The molecule has 7 heteroatoms. The summed E-state index contributed by atoms with van der Waals surface area (Å²) in [5.74, 6) is 0.0218. The number of carbonyl (C=O) groups is 1. The van der Waals surface area contributed by atoms with Gasteiger partial charge in [0.1, 0.15) is 0 Å². The van der Waals surface area contributed by atoms with Crippen LogP contribution in [0.3, 0.4) is 0 Å². The van der Waals surface area contributed by atoms with Gasteiger partial charge in [-0.25, -0.2) is 13.4 Å². The third kappa shape index (κ3) is 2.87. The van der Waals surface area contributed by atoms with Gasteiger partial charge in [0, 0.05) is 18.7 Å². The van der Waals surface area contributed by atoms with E-state index in [9.17, 15) is 13.2 Å². The van der Waals surface area contributed by atoms with Crippen molar-refractivity contribution in [3.8, 4) is 0 Å². The molecule has 0 atom stereocenters. The summed E-state index contributed by atoms with van der Waals surface area (Å²) in [6.45, 7) is 2.59. The van der Waals surface area contributed by atoms with Crippen molar-refractivity contribution in [1.29, 1.82) is 0 Å². The van der Waals surface area contributed by atoms with Crippen LogP contribution in [-0.4, -0.2) is 47.8 Å². The van der Waals surface area contributed by atoms with Gasteiger partial charge in [-0.3, -0.25) is 4.79 Å². The highest BCUT2D eigenvalue weighted by molar-refractivity contribution is 7.92. The standard InChI is InChI=1S/C18H22N2O3S2/c1-13-19-15-6-5-14(11-16(15)24-13)17(21)20-9-10-25(22,23)18(12-20)7-3-2-4-8-18/h5-6,11H,2-4,7-10,12H2,1H3. The van der Waals surface area contributed by atoms with Gasteiger partial charge in [0.05, 0.1) is 25.7 Å². The number of rotatable bonds is 1. The zero-order valence-corrected chi connectivity index (χ0v) is 16.0. The maximum Gasteiger partial charge on any atom is 0.253 e. The van der Waals surface area contributed by atoms with Crippen LogP contribution in [0.25, 0.3) is 10.2 Å². The number of fused-ring (bicyclic) bond motifs is 1. The van der Waals surface area contributed by atoms with Gasteiger partial charge in [0.2, 0.25) is 0 Å². The SMILES string of the molecule is Cc1nc2ccc(C(=O)N3CCS(=O)(=O)C4(CCCCC4)C3)cc2s1. The van der Waals surface area contributed by atoms with Crippen molar-refractivity contribution < 1.29 is 13.2 Å². The molecule has 0 radical (unpaired) electrons. The summed E-state index contributed by atoms with van der Waals surface area (Å²) in [6, 6.07) is 5.57. The molecule has 1 aromatic carbocycles. The molecule has 1 amide bonds. The average Bonchev–Trinajstić information content (AvgIpc) is 2.97. The molecule has 134 valence electrons. The van der Waals surface area contributed by atoms with E-state index in [0.717, 1.165) is 34.5 Å². The van der Waals surface area contributed by atoms with Gasteiger partial charge >= 0.3 is 0 Å². The summed E-state index contributed by atoms with van der Waals surface area (Å²) in [4.78, 5) is 19.2. The number of hydrogen-bond acceptors (Lipinski definition) is 5. The Labute approximate surface area is 152 Å². The average molecular weight is 379 g/mol. The Morgan fingerprint density at radius 3 is 2.76 bits per heavy atom. The number of thiazole rings is 1. The third-order valence-corrected chi connectivity index (χ3v) is 9.07. The van der Waals surface area contributed by atoms with Crippen LogP contribution >= 0.6 is 11.3 Å². The Bertz CT molecular complexity index is 927. The van der Waals surface area contributed by atoms with Crippen LogP contribution in [0.2, 0.25) is 0 Å².